The van der Waals surface area contributed by atoms with Crippen molar-refractivity contribution in [2.45, 2.75) is 39.2 Å². The number of aromatic nitrogens is 1. The maximum atomic E-state index is 12.1. The molecule has 1 fully saturated rings. The molecule has 2 aliphatic carbocycles. The van der Waals surface area contributed by atoms with Gasteiger partial charge in [-0.15, -0.1) is 0 Å². The van der Waals surface area contributed by atoms with Gasteiger partial charge in [0, 0.05) is 17.8 Å². The van der Waals surface area contributed by atoms with Crippen molar-refractivity contribution in [1.29, 1.82) is 0 Å². The highest BCUT2D eigenvalue weighted by Gasteiger charge is 2.53. The van der Waals surface area contributed by atoms with E-state index >= 15 is 0 Å². The topological polar surface area (TPSA) is 102 Å². The third-order valence-corrected chi connectivity index (χ3v) is 4.88. The van der Waals surface area contributed by atoms with Gasteiger partial charge in [0.25, 0.3) is 0 Å². The fraction of sp³-hybridized carbons (Fsp3) is 0.615. The molecule has 1 amide bonds. The number of ketones is 1. The number of carbonyl (C=O) groups excluding carboxylic acids is 2. The van der Waals surface area contributed by atoms with E-state index in [1.807, 2.05) is 13.8 Å². The number of hydrogen-bond donors (Lipinski definition) is 1. The monoisotopic (exact) mass is 309 g/mol. The van der Waals surface area contributed by atoms with Crippen molar-refractivity contribution in [3.05, 3.63) is 20.7 Å². The third-order valence-electron chi connectivity index (χ3n) is 3.83. The van der Waals surface area contributed by atoms with Crippen LogP contribution in [0.2, 0.25) is 0 Å². The normalized spacial score (nSPS) is 26.1. The van der Waals surface area contributed by atoms with Crippen molar-refractivity contribution in [3.63, 3.8) is 0 Å². The molecule has 0 aromatic carbocycles. The standard InChI is InChI=1S/C13H15N3O4S/c1-13(2)4-7-10(9(17)5-13)21-12(14-7)15-11(18)6-3-8(6)16(19)20/h6,8H,3-5H2,1-2H3,(H,14,15,18)/t6-,8+/m1/s1. The lowest BCUT2D eigenvalue weighted by Gasteiger charge is -2.26. The number of hydrogen-bond acceptors (Lipinski definition) is 6. The van der Waals surface area contributed by atoms with Gasteiger partial charge in [-0.3, -0.25) is 19.7 Å². The van der Waals surface area contributed by atoms with Crippen LogP contribution in [-0.2, 0) is 11.2 Å². The van der Waals surface area contributed by atoms with E-state index in [1.54, 1.807) is 0 Å². The summed E-state index contributed by atoms with van der Waals surface area (Å²) >= 11 is 1.16. The number of fused-ring (bicyclic) bond motifs is 1. The molecule has 2 aliphatic rings. The number of amides is 1. The predicted octanol–water partition coefficient (Wildman–Crippen LogP) is 1.90. The van der Waals surface area contributed by atoms with Gasteiger partial charge >= 0.3 is 0 Å². The van der Waals surface area contributed by atoms with Gasteiger partial charge in [0.15, 0.2) is 10.9 Å². The molecule has 1 aromatic rings. The van der Waals surface area contributed by atoms with Gasteiger partial charge in [0.05, 0.1) is 10.6 Å². The molecule has 2 atom stereocenters. The van der Waals surface area contributed by atoms with E-state index in [-0.39, 0.29) is 23.5 Å². The smallest absolute Gasteiger partial charge is 0.236 e. The highest BCUT2D eigenvalue weighted by molar-refractivity contribution is 7.17. The molecule has 8 heteroatoms. The average Bonchev–Trinajstić information content (AvgIpc) is 3.05. The zero-order chi connectivity index (χ0) is 15.4. The minimum Gasteiger partial charge on any atom is -0.301 e. The highest BCUT2D eigenvalue weighted by Crippen LogP contribution is 2.39. The number of thiazole rings is 1. The van der Waals surface area contributed by atoms with Crippen LogP contribution in [0.4, 0.5) is 5.13 Å². The van der Waals surface area contributed by atoms with Crippen molar-refractivity contribution in [2.75, 3.05) is 5.32 Å². The van der Waals surface area contributed by atoms with E-state index in [9.17, 15) is 19.7 Å². The van der Waals surface area contributed by atoms with E-state index in [0.29, 0.717) is 22.9 Å². The third kappa shape index (κ3) is 2.67. The maximum absolute atomic E-state index is 12.1. The van der Waals surface area contributed by atoms with Crippen molar-refractivity contribution in [2.24, 2.45) is 11.3 Å². The first-order valence-corrected chi connectivity index (χ1v) is 7.56. The van der Waals surface area contributed by atoms with Crippen molar-refractivity contribution in [3.8, 4) is 0 Å². The lowest BCUT2D eigenvalue weighted by atomic mass is 9.78. The summed E-state index contributed by atoms with van der Waals surface area (Å²) in [4.78, 5) is 39.0. The van der Waals surface area contributed by atoms with Crippen LogP contribution in [0.5, 0.6) is 0 Å². The number of Topliss-reactive ketones (excluding diaryl/α,β-unsaturated/α-hetero) is 1. The molecular weight excluding hydrogens is 294 g/mol. The summed E-state index contributed by atoms with van der Waals surface area (Å²) in [6.07, 6.45) is 1.44. The molecule has 0 bridgehead atoms. The number of nitrogens with one attached hydrogen (secondary N) is 1. The molecule has 21 heavy (non-hydrogen) atoms. The first-order chi connectivity index (χ1) is 9.77. The van der Waals surface area contributed by atoms with Crippen LogP contribution in [0.3, 0.4) is 0 Å². The molecule has 1 saturated carbocycles. The fourth-order valence-corrected chi connectivity index (χ4v) is 3.59. The summed E-state index contributed by atoms with van der Waals surface area (Å²) in [5.74, 6) is -0.906. The van der Waals surface area contributed by atoms with Crippen molar-refractivity contribution in [1.82, 2.24) is 4.98 Å². The second-order valence-electron chi connectivity index (χ2n) is 6.42. The average molecular weight is 309 g/mol. The summed E-state index contributed by atoms with van der Waals surface area (Å²) in [7, 11) is 0. The molecular formula is C13H15N3O4S. The molecule has 0 saturated heterocycles. The van der Waals surface area contributed by atoms with Crippen LogP contribution in [0.25, 0.3) is 0 Å². The number of rotatable bonds is 3. The molecule has 1 N–H and O–H groups in total. The van der Waals surface area contributed by atoms with E-state index in [0.717, 1.165) is 17.0 Å². The Morgan fingerprint density at radius 2 is 2.19 bits per heavy atom. The molecule has 0 unspecified atom stereocenters. The van der Waals surface area contributed by atoms with Gasteiger partial charge in [0.1, 0.15) is 5.92 Å². The van der Waals surface area contributed by atoms with Gasteiger partial charge < -0.3 is 5.32 Å². The minimum absolute atomic E-state index is 0.0499. The second kappa shape index (κ2) is 4.59. The van der Waals surface area contributed by atoms with E-state index < -0.39 is 16.9 Å². The SMILES string of the molecule is CC1(C)CC(=O)c2sc(NC(=O)[C@@H]3C[C@@H]3[N+](=O)[O-])nc2C1. The molecule has 0 radical (unpaired) electrons. The van der Waals surface area contributed by atoms with Gasteiger partial charge in [-0.05, 0) is 11.8 Å². The summed E-state index contributed by atoms with van der Waals surface area (Å²) in [6.45, 7) is 4.02. The van der Waals surface area contributed by atoms with Crippen LogP contribution < -0.4 is 5.32 Å². The number of nitro groups is 1. The molecule has 0 spiro atoms. The summed E-state index contributed by atoms with van der Waals surface area (Å²) in [5, 5.41) is 13.5. The Morgan fingerprint density at radius 1 is 1.48 bits per heavy atom. The molecule has 1 aromatic heterocycles. The van der Waals surface area contributed by atoms with Gasteiger partial charge in [0.2, 0.25) is 11.9 Å². The van der Waals surface area contributed by atoms with Crippen molar-refractivity contribution >= 4 is 28.2 Å². The Bertz CT molecular complexity index is 652. The summed E-state index contributed by atoms with van der Waals surface area (Å²) in [6, 6.07) is -0.778. The highest BCUT2D eigenvalue weighted by atomic mass is 32.1. The molecule has 112 valence electrons. The first kappa shape index (κ1) is 14.1. The van der Waals surface area contributed by atoms with E-state index in [2.05, 4.69) is 10.3 Å². The van der Waals surface area contributed by atoms with Gasteiger partial charge in [-0.25, -0.2) is 4.98 Å². The van der Waals surface area contributed by atoms with Crippen LogP contribution in [0, 0.1) is 21.4 Å². The summed E-state index contributed by atoms with van der Waals surface area (Å²) in [5.41, 5.74) is 0.602. The Kier molecular flexibility index (Phi) is 3.09. The molecule has 7 nitrogen and oxygen atoms in total. The van der Waals surface area contributed by atoms with Crippen molar-refractivity contribution < 1.29 is 14.5 Å². The first-order valence-electron chi connectivity index (χ1n) is 6.74. The Labute approximate surface area is 124 Å². The molecule has 1 heterocycles. The minimum atomic E-state index is -0.778. The number of anilines is 1. The summed E-state index contributed by atoms with van der Waals surface area (Å²) < 4.78 is 0. The largest absolute Gasteiger partial charge is 0.301 e. The quantitative estimate of drug-likeness (QED) is 0.678. The number of nitrogens with zero attached hydrogens (tertiary/aromatic N) is 2. The predicted molar refractivity (Wildman–Crippen MR) is 76.1 cm³/mol. The second-order valence-corrected chi connectivity index (χ2v) is 7.42. The Balaban J connectivity index is 1.73. The lowest BCUT2D eigenvalue weighted by molar-refractivity contribution is -0.497. The number of carbonyl (C=O) groups is 2. The molecule has 0 aliphatic heterocycles. The van der Waals surface area contributed by atoms with E-state index in [1.165, 1.54) is 0 Å². The van der Waals surface area contributed by atoms with Gasteiger partial charge in [-0.2, -0.15) is 0 Å². The lowest BCUT2D eigenvalue weighted by Crippen LogP contribution is -2.26. The maximum Gasteiger partial charge on any atom is 0.236 e. The van der Waals surface area contributed by atoms with Crippen LogP contribution in [0.15, 0.2) is 0 Å². The van der Waals surface area contributed by atoms with Crippen LogP contribution >= 0.6 is 11.3 Å². The van der Waals surface area contributed by atoms with Gasteiger partial charge in [-0.1, -0.05) is 25.2 Å². The zero-order valence-electron chi connectivity index (χ0n) is 11.7. The van der Waals surface area contributed by atoms with E-state index in [4.69, 9.17) is 0 Å². The Morgan fingerprint density at radius 3 is 2.81 bits per heavy atom. The fourth-order valence-electron chi connectivity index (χ4n) is 2.67. The van der Waals surface area contributed by atoms with Crippen LogP contribution in [-0.4, -0.2) is 27.6 Å². The Hall–Kier alpha value is -1.83. The molecule has 3 rings (SSSR count). The zero-order valence-corrected chi connectivity index (χ0v) is 12.5. The van der Waals surface area contributed by atoms with Crippen LogP contribution in [0.1, 0.15) is 42.1 Å².